The number of rotatable bonds is 5. The van der Waals surface area contributed by atoms with Gasteiger partial charge in [-0.2, -0.15) is 5.10 Å². The Morgan fingerprint density at radius 3 is 2.89 bits per heavy atom. The summed E-state index contributed by atoms with van der Waals surface area (Å²) in [4.78, 5) is 0. The summed E-state index contributed by atoms with van der Waals surface area (Å²) in [6, 6.07) is 8.03. The molecule has 19 heavy (non-hydrogen) atoms. The van der Waals surface area contributed by atoms with Crippen LogP contribution in [-0.2, 0) is 13.2 Å². The molecule has 0 amide bonds. The zero-order valence-electron chi connectivity index (χ0n) is 11.2. The summed E-state index contributed by atoms with van der Waals surface area (Å²) in [6.45, 7) is 5.29. The van der Waals surface area contributed by atoms with E-state index in [-0.39, 0.29) is 0 Å². The molecule has 5 heteroatoms. The van der Waals surface area contributed by atoms with E-state index in [9.17, 15) is 0 Å². The van der Waals surface area contributed by atoms with Crippen LogP contribution >= 0.6 is 15.9 Å². The number of hydrogen-bond acceptors (Lipinski definition) is 3. The second kappa shape index (κ2) is 6.10. The molecule has 0 spiro atoms. The van der Waals surface area contributed by atoms with Gasteiger partial charge in [-0.3, -0.25) is 0 Å². The van der Waals surface area contributed by atoms with Crippen LogP contribution in [0.2, 0.25) is 0 Å². The average Bonchev–Trinajstić information content (AvgIpc) is 2.63. The third-order valence-corrected chi connectivity index (χ3v) is 3.32. The number of ether oxygens (including phenoxy) is 1. The van der Waals surface area contributed by atoms with Crippen LogP contribution in [0.3, 0.4) is 0 Å². The van der Waals surface area contributed by atoms with Crippen LogP contribution in [0.25, 0.3) is 0 Å². The lowest BCUT2D eigenvalue weighted by Gasteiger charge is -2.09. The molecule has 2 aromatic rings. The maximum atomic E-state index is 6.01. The quantitative estimate of drug-likeness (QED) is 0.915. The molecule has 102 valence electrons. The van der Waals surface area contributed by atoms with Crippen molar-refractivity contribution in [3.05, 3.63) is 40.0 Å². The first-order valence-electron chi connectivity index (χ1n) is 6.32. The highest BCUT2D eigenvalue weighted by molar-refractivity contribution is 9.10. The minimum Gasteiger partial charge on any atom is -0.471 e. The van der Waals surface area contributed by atoms with Gasteiger partial charge in [-0.25, -0.2) is 4.68 Å². The first-order chi connectivity index (χ1) is 9.11. The molecule has 0 atom stereocenters. The highest BCUT2D eigenvalue weighted by Gasteiger charge is 2.13. The van der Waals surface area contributed by atoms with Gasteiger partial charge in [-0.1, -0.05) is 35.0 Å². The molecule has 1 aromatic carbocycles. The van der Waals surface area contributed by atoms with Crippen molar-refractivity contribution in [1.29, 1.82) is 0 Å². The molecule has 2 N–H and O–H groups in total. The Kier molecular flexibility index (Phi) is 4.47. The van der Waals surface area contributed by atoms with Crippen molar-refractivity contribution in [2.75, 3.05) is 5.73 Å². The SMILES string of the molecule is CCCn1nc(C)c(N)c1OCc1cccc(Br)c1. The Balaban J connectivity index is 2.14. The molecule has 0 aliphatic heterocycles. The molecule has 0 fully saturated rings. The fourth-order valence-corrected chi connectivity index (χ4v) is 2.31. The molecule has 2 rings (SSSR count). The minimum atomic E-state index is 0.485. The number of aromatic nitrogens is 2. The number of anilines is 1. The van der Waals surface area contributed by atoms with Gasteiger partial charge in [0.15, 0.2) is 0 Å². The van der Waals surface area contributed by atoms with Gasteiger partial charge in [0.1, 0.15) is 12.3 Å². The molecule has 0 aliphatic carbocycles. The van der Waals surface area contributed by atoms with Gasteiger partial charge in [-0.05, 0) is 31.0 Å². The predicted molar refractivity (Wildman–Crippen MR) is 80.1 cm³/mol. The van der Waals surface area contributed by atoms with E-state index >= 15 is 0 Å². The molecule has 0 radical (unpaired) electrons. The van der Waals surface area contributed by atoms with Crippen molar-refractivity contribution >= 4 is 21.6 Å². The molecule has 0 saturated carbocycles. The van der Waals surface area contributed by atoms with Crippen LogP contribution in [0.1, 0.15) is 24.6 Å². The Labute approximate surface area is 121 Å². The van der Waals surface area contributed by atoms with Gasteiger partial charge < -0.3 is 10.5 Å². The lowest BCUT2D eigenvalue weighted by atomic mass is 10.2. The van der Waals surface area contributed by atoms with Gasteiger partial charge in [0.2, 0.25) is 5.88 Å². The van der Waals surface area contributed by atoms with E-state index in [0.29, 0.717) is 18.2 Å². The highest BCUT2D eigenvalue weighted by Crippen LogP contribution is 2.26. The van der Waals surface area contributed by atoms with E-state index in [2.05, 4.69) is 28.0 Å². The number of nitrogens with two attached hydrogens (primary N) is 1. The first-order valence-corrected chi connectivity index (χ1v) is 7.11. The smallest absolute Gasteiger partial charge is 0.236 e. The van der Waals surface area contributed by atoms with Gasteiger partial charge in [0.05, 0.1) is 5.69 Å². The number of hydrogen-bond donors (Lipinski definition) is 1. The van der Waals surface area contributed by atoms with Gasteiger partial charge >= 0.3 is 0 Å². The molecule has 0 aliphatic rings. The van der Waals surface area contributed by atoms with Gasteiger partial charge in [0, 0.05) is 11.0 Å². The number of nitrogens with zero attached hydrogens (tertiary/aromatic N) is 2. The molecule has 4 nitrogen and oxygen atoms in total. The second-order valence-corrected chi connectivity index (χ2v) is 5.36. The third kappa shape index (κ3) is 3.29. The van der Waals surface area contributed by atoms with E-state index < -0.39 is 0 Å². The Hall–Kier alpha value is -1.49. The zero-order chi connectivity index (χ0) is 13.8. The summed E-state index contributed by atoms with van der Waals surface area (Å²) in [6.07, 6.45) is 0.994. The zero-order valence-corrected chi connectivity index (χ0v) is 12.8. The van der Waals surface area contributed by atoms with E-state index in [0.717, 1.165) is 28.7 Å². The molecule has 0 saturated heterocycles. The predicted octanol–water partition coefficient (Wildman–Crippen LogP) is 3.53. The van der Waals surface area contributed by atoms with Crippen molar-refractivity contribution < 1.29 is 4.74 Å². The number of nitrogen functional groups attached to an aromatic ring is 1. The van der Waals surface area contributed by atoms with Crippen LogP contribution in [0.5, 0.6) is 5.88 Å². The van der Waals surface area contributed by atoms with E-state index in [1.165, 1.54) is 0 Å². The molecule has 1 aromatic heterocycles. The Bertz CT molecular complexity index is 566. The van der Waals surface area contributed by atoms with Crippen molar-refractivity contribution in [3.63, 3.8) is 0 Å². The summed E-state index contributed by atoms with van der Waals surface area (Å²) in [7, 11) is 0. The third-order valence-electron chi connectivity index (χ3n) is 2.83. The summed E-state index contributed by atoms with van der Waals surface area (Å²) in [5.41, 5.74) is 8.55. The molecule has 0 unspecified atom stereocenters. The van der Waals surface area contributed by atoms with Crippen LogP contribution in [0, 0.1) is 6.92 Å². The topological polar surface area (TPSA) is 53.1 Å². The number of aryl methyl sites for hydroxylation is 2. The highest BCUT2D eigenvalue weighted by atomic mass is 79.9. The maximum absolute atomic E-state index is 6.01. The van der Waals surface area contributed by atoms with E-state index in [1.807, 2.05) is 35.9 Å². The van der Waals surface area contributed by atoms with Crippen LogP contribution < -0.4 is 10.5 Å². The first kappa shape index (κ1) is 13.9. The summed E-state index contributed by atoms with van der Waals surface area (Å²) >= 11 is 3.45. The second-order valence-electron chi connectivity index (χ2n) is 4.45. The van der Waals surface area contributed by atoms with Crippen LogP contribution in [0.4, 0.5) is 5.69 Å². The molecule has 0 bridgehead atoms. The summed E-state index contributed by atoms with van der Waals surface area (Å²) < 4.78 is 8.71. The lowest BCUT2D eigenvalue weighted by Crippen LogP contribution is -2.06. The number of benzene rings is 1. The normalized spacial score (nSPS) is 10.7. The Morgan fingerprint density at radius 2 is 2.21 bits per heavy atom. The fraction of sp³-hybridized carbons (Fsp3) is 0.357. The van der Waals surface area contributed by atoms with Gasteiger partial charge in [-0.15, -0.1) is 0 Å². The standard InChI is InChI=1S/C14H18BrN3O/c1-3-7-18-14(13(16)10(2)17-18)19-9-11-5-4-6-12(15)8-11/h4-6,8H,3,7,9,16H2,1-2H3. The van der Waals surface area contributed by atoms with Crippen LogP contribution in [-0.4, -0.2) is 9.78 Å². The monoisotopic (exact) mass is 323 g/mol. The van der Waals surface area contributed by atoms with E-state index in [1.54, 1.807) is 0 Å². The lowest BCUT2D eigenvalue weighted by molar-refractivity contribution is 0.273. The largest absolute Gasteiger partial charge is 0.471 e. The maximum Gasteiger partial charge on any atom is 0.236 e. The fourth-order valence-electron chi connectivity index (χ4n) is 1.87. The van der Waals surface area contributed by atoms with Crippen molar-refractivity contribution in [1.82, 2.24) is 9.78 Å². The molecule has 1 heterocycles. The molecular weight excluding hydrogens is 306 g/mol. The summed E-state index contributed by atoms with van der Waals surface area (Å²) in [5, 5.41) is 4.39. The Morgan fingerprint density at radius 1 is 1.42 bits per heavy atom. The van der Waals surface area contributed by atoms with Crippen molar-refractivity contribution in [3.8, 4) is 5.88 Å². The van der Waals surface area contributed by atoms with Crippen LogP contribution in [0.15, 0.2) is 28.7 Å². The van der Waals surface area contributed by atoms with Gasteiger partial charge in [0.25, 0.3) is 0 Å². The van der Waals surface area contributed by atoms with Crippen molar-refractivity contribution in [2.45, 2.75) is 33.4 Å². The van der Waals surface area contributed by atoms with Crippen molar-refractivity contribution in [2.24, 2.45) is 0 Å². The average molecular weight is 324 g/mol. The minimum absolute atomic E-state index is 0.485. The van der Waals surface area contributed by atoms with E-state index in [4.69, 9.17) is 10.5 Å². The number of halogens is 1. The summed E-state index contributed by atoms with van der Waals surface area (Å²) in [5.74, 6) is 0.666. The molecular formula is C14H18BrN3O.